The molecule has 0 unspecified atom stereocenters. The summed E-state index contributed by atoms with van der Waals surface area (Å²) in [5.74, 6) is -0.658. The van der Waals surface area contributed by atoms with Crippen molar-refractivity contribution in [1.29, 1.82) is 0 Å². The molecule has 8 nitrogen and oxygen atoms in total. The fraction of sp³-hybridized carbons (Fsp3) is 0.440. The van der Waals surface area contributed by atoms with Gasteiger partial charge in [0, 0.05) is 43.0 Å². The van der Waals surface area contributed by atoms with Gasteiger partial charge in [0.1, 0.15) is 5.69 Å². The van der Waals surface area contributed by atoms with E-state index in [9.17, 15) is 19.7 Å². The number of hydrogen-bond donors (Lipinski definition) is 0. The molecule has 3 fully saturated rings. The average Bonchev–Trinajstić information content (AvgIpc) is 3.08. The zero-order valence-electron chi connectivity index (χ0n) is 19.0. The molecule has 2 saturated heterocycles. The lowest BCUT2D eigenvalue weighted by atomic mass is 9.76. The highest BCUT2D eigenvalue weighted by Gasteiger charge is 2.50. The van der Waals surface area contributed by atoms with E-state index in [-0.39, 0.29) is 29.3 Å². The van der Waals surface area contributed by atoms with Crippen LogP contribution >= 0.6 is 11.6 Å². The normalized spacial score (nSPS) is 25.0. The van der Waals surface area contributed by atoms with Crippen molar-refractivity contribution in [3.05, 3.63) is 57.6 Å². The van der Waals surface area contributed by atoms with Crippen LogP contribution in [0.2, 0.25) is 5.02 Å². The van der Waals surface area contributed by atoms with E-state index in [1.54, 1.807) is 12.1 Å². The van der Waals surface area contributed by atoms with Crippen LogP contribution in [0.25, 0.3) is 0 Å². The highest BCUT2D eigenvalue weighted by Crippen LogP contribution is 2.43. The molecule has 0 radical (unpaired) electrons. The molecule has 0 N–H and O–H groups in total. The van der Waals surface area contributed by atoms with Gasteiger partial charge in [0.05, 0.1) is 22.4 Å². The number of carbonyl (C=O) groups is 2. The molecule has 0 aromatic heterocycles. The number of benzene rings is 2. The Morgan fingerprint density at radius 3 is 2.32 bits per heavy atom. The van der Waals surface area contributed by atoms with Gasteiger partial charge in [-0.1, -0.05) is 24.6 Å². The molecule has 9 heteroatoms. The monoisotopic (exact) mass is 482 g/mol. The number of piperazine rings is 1. The SMILES string of the molecule is C[C@@H]1CC[C@@H]2C(=O)N(c3ccc(N4CCN(c5cccc(Cl)c5)CC4)c([N+](=O)[O-])c3)C(=O)[C@@H]2C1. The van der Waals surface area contributed by atoms with Crippen LogP contribution in [-0.2, 0) is 9.59 Å². The molecular weight excluding hydrogens is 456 g/mol. The Kier molecular flexibility index (Phi) is 5.93. The predicted molar refractivity (Wildman–Crippen MR) is 131 cm³/mol. The number of nitrogens with zero attached hydrogens (tertiary/aromatic N) is 4. The number of fused-ring (bicyclic) bond motifs is 1. The first-order valence-electron chi connectivity index (χ1n) is 11.7. The maximum atomic E-state index is 13.1. The van der Waals surface area contributed by atoms with E-state index >= 15 is 0 Å². The van der Waals surface area contributed by atoms with Gasteiger partial charge in [-0.25, -0.2) is 4.90 Å². The molecule has 2 aliphatic heterocycles. The molecule has 1 aliphatic carbocycles. The van der Waals surface area contributed by atoms with Gasteiger partial charge in [-0.05, 0) is 55.5 Å². The number of halogens is 1. The minimum Gasteiger partial charge on any atom is -0.368 e. The molecule has 2 heterocycles. The van der Waals surface area contributed by atoms with Crippen LogP contribution in [0.4, 0.5) is 22.7 Å². The molecule has 5 rings (SSSR count). The van der Waals surface area contributed by atoms with Gasteiger partial charge in [-0.2, -0.15) is 0 Å². The zero-order chi connectivity index (χ0) is 24.0. The van der Waals surface area contributed by atoms with E-state index in [0.29, 0.717) is 61.3 Å². The minimum absolute atomic E-state index is 0.0856. The van der Waals surface area contributed by atoms with Gasteiger partial charge in [0.15, 0.2) is 0 Å². The summed E-state index contributed by atoms with van der Waals surface area (Å²) in [5.41, 5.74) is 1.74. The third kappa shape index (κ3) is 4.00. The van der Waals surface area contributed by atoms with Gasteiger partial charge >= 0.3 is 0 Å². The van der Waals surface area contributed by atoms with Gasteiger partial charge in [0.2, 0.25) is 11.8 Å². The first-order valence-corrected chi connectivity index (χ1v) is 12.1. The molecule has 2 aromatic carbocycles. The second kappa shape index (κ2) is 8.91. The fourth-order valence-corrected chi connectivity index (χ4v) is 5.77. The van der Waals surface area contributed by atoms with Gasteiger partial charge in [-0.3, -0.25) is 19.7 Å². The first-order chi connectivity index (χ1) is 16.3. The van der Waals surface area contributed by atoms with Crippen LogP contribution in [0.1, 0.15) is 26.2 Å². The molecule has 0 spiro atoms. The first kappa shape index (κ1) is 22.7. The summed E-state index contributed by atoms with van der Waals surface area (Å²) < 4.78 is 0. The molecule has 0 bridgehead atoms. The topological polar surface area (TPSA) is 87.0 Å². The molecular formula is C25H27ClN4O4. The summed E-state index contributed by atoms with van der Waals surface area (Å²) in [6.07, 6.45) is 2.32. The van der Waals surface area contributed by atoms with Crippen LogP contribution in [-0.4, -0.2) is 42.9 Å². The van der Waals surface area contributed by atoms with Gasteiger partial charge in [-0.15, -0.1) is 0 Å². The van der Waals surface area contributed by atoms with Gasteiger partial charge < -0.3 is 9.80 Å². The van der Waals surface area contributed by atoms with Crippen molar-refractivity contribution in [3.63, 3.8) is 0 Å². The summed E-state index contributed by atoms with van der Waals surface area (Å²) in [6.45, 7) is 4.71. The zero-order valence-corrected chi connectivity index (χ0v) is 19.8. The molecule has 3 aliphatic rings. The van der Waals surface area contributed by atoms with Crippen LogP contribution in [0.15, 0.2) is 42.5 Å². The Balaban J connectivity index is 1.37. The summed E-state index contributed by atoms with van der Waals surface area (Å²) in [6, 6.07) is 12.4. The maximum absolute atomic E-state index is 13.1. The summed E-state index contributed by atoms with van der Waals surface area (Å²) in [7, 11) is 0. The standard InChI is InChI=1S/C25H27ClN4O4/c1-16-5-7-20-21(13-16)25(32)29(24(20)31)19-6-8-22(23(15-19)30(33)34)28-11-9-27(10-12-28)18-4-2-3-17(26)14-18/h2-4,6,8,14-16,20-21H,5,7,9-13H2,1H3/t16-,20+,21-/m1/s1. The van der Waals surface area contributed by atoms with E-state index in [2.05, 4.69) is 11.8 Å². The third-order valence-electron chi connectivity index (χ3n) is 7.40. The third-order valence-corrected chi connectivity index (χ3v) is 7.63. The van der Waals surface area contributed by atoms with Crippen molar-refractivity contribution in [2.75, 3.05) is 40.9 Å². The summed E-state index contributed by atoms with van der Waals surface area (Å²) in [5, 5.41) is 12.6. The van der Waals surface area contributed by atoms with E-state index < -0.39 is 4.92 Å². The quantitative estimate of drug-likeness (QED) is 0.362. The number of hydrogen-bond acceptors (Lipinski definition) is 6. The number of nitro groups is 1. The Labute approximate surface area is 203 Å². The lowest BCUT2D eigenvalue weighted by molar-refractivity contribution is -0.384. The number of imide groups is 1. The molecule has 34 heavy (non-hydrogen) atoms. The van der Waals surface area contributed by atoms with Crippen LogP contribution in [0.5, 0.6) is 0 Å². The maximum Gasteiger partial charge on any atom is 0.294 e. The highest BCUT2D eigenvalue weighted by atomic mass is 35.5. The highest BCUT2D eigenvalue weighted by molar-refractivity contribution is 6.30. The van der Waals surface area contributed by atoms with Crippen molar-refractivity contribution in [2.45, 2.75) is 26.2 Å². The van der Waals surface area contributed by atoms with Crippen molar-refractivity contribution >= 4 is 46.2 Å². The van der Waals surface area contributed by atoms with E-state index in [1.165, 1.54) is 11.0 Å². The number of carbonyl (C=O) groups excluding carboxylic acids is 2. The molecule has 2 aromatic rings. The Bertz CT molecular complexity index is 1150. The minimum atomic E-state index is -0.428. The number of amides is 2. The fourth-order valence-electron chi connectivity index (χ4n) is 5.59. The van der Waals surface area contributed by atoms with Crippen molar-refractivity contribution in [2.24, 2.45) is 17.8 Å². The van der Waals surface area contributed by atoms with Crippen molar-refractivity contribution in [1.82, 2.24) is 0 Å². The molecule has 2 amide bonds. The average molecular weight is 483 g/mol. The number of anilines is 3. The summed E-state index contributed by atoms with van der Waals surface area (Å²) >= 11 is 6.12. The second-order valence-corrected chi connectivity index (χ2v) is 9.96. The molecule has 178 valence electrons. The Morgan fingerprint density at radius 2 is 1.62 bits per heavy atom. The van der Waals surface area contributed by atoms with Crippen LogP contribution in [0, 0.1) is 27.9 Å². The van der Waals surface area contributed by atoms with Crippen LogP contribution in [0.3, 0.4) is 0 Å². The van der Waals surface area contributed by atoms with E-state index in [1.807, 2.05) is 29.2 Å². The van der Waals surface area contributed by atoms with Gasteiger partial charge in [0.25, 0.3) is 5.69 Å². The molecule has 3 atom stereocenters. The smallest absolute Gasteiger partial charge is 0.294 e. The van der Waals surface area contributed by atoms with E-state index in [0.717, 1.165) is 12.1 Å². The Morgan fingerprint density at radius 1 is 0.912 bits per heavy atom. The summed E-state index contributed by atoms with van der Waals surface area (Å²) in [4.78, 5) is 43.0. The van der Waals surface area contributed by atoms with E-state index in [4.69, 9.17) is 11.6 Å². The lowest BCUT2D eigenvalue weighted by Gasteiger charge is -2.37. The Hall–Kier alpha value is -3.13. The van der Waals surface area contributed by atoms with Crippen molar-refractivity contribution < 1.29 is 14.5 Å². The lowest BCUT2D eigenvalue weighted by Crippen LogP contribution is -2.46. The van der Waals surface area contributed by atoms with Crippen LogP contribution < -0.4 is 14.7 Å². The van der Waals surface area contributed by atoms with Crippen molar-refractivity contribution in [3.8, 4) is 0 Å². The predicted octanol–water partition coefficient (Wildman–Crippen LogP) is 4.50. The number of rotatable bonds is 4. The number of nitro benzene ring substituents is 1. The largest absolute Gasteiger partial charge is 0.368 e. The molecule has 1 saturated carbocycles. The second-order valence-electron chi connectivity index (χ2n) is 9.53.